The Bertz CT molecular complexity index is 118. The predicted octanol–water partition coefficient (Wildman–Crippen LogP) is 4.01. The van der Waals surface area contributed by atoms with Gasteiger partial charge in [-0.15, -0.1) is 23.2 Å². The van der Waals surface area contributed by atoms with Crippen molar-refractivity contribution in [3.63, 3.8) is 0 Å². The molecular weight excluding hydrogens is 179 g/mol. The molecule has 0 radical (unpaired) electrons. The fourth-order valence-corrected chi connectivity index (χ4v) is 2.79. The minimum atomic E-state index is -0.369. The van der Waals surface area contributed by atoms with Gasteiger partial charge >= 0.3 is 0 Å². The molecule has 1 rings (SSSR count). The minimum absolute atomic E-state index is 0.369. The summed E-state index contributed by atoms with van der Waals surface area (Å²) in [6, 6.07) is 0. The van der Waals surface area contributed by atoms with E-state index in [9.17, 15) is 0 Å². The van der Waals surface area contributed by atoms with Crippen molar-refractivity contribution >= 4 is 23.2 Å². The average Bonchev–Trinajstić information content (AvgIpc) is 2.41. The van der Waals surface area contributed by atoms with E-state index in [0.29, 0.717) is 11.8 Å². The molecule has 0 aromatic carbocycles. The van der Waals surface area contributed by atoms with Gasteiger partial charge in [-0.05, 0) is 24.7 Å². The molecule has 0 unspecified atom stereocenters. The van der Waals surface area contributed by atoms with Crippen molar-refractivity contribution in [1.82, 2.24) is 0 Å². The van der Waals surface area contributed by atoms with E-state index in [-0.39, 0.29) is 4.33 Å². The molecule has 0 amide bonds. The normalized spacial score (nSPS) is 33.8. The maximum absolute atomic E-state index is 6.10. The van der Waals surface area contributed by atoms with E-state index in [1.807, 2.05) is 0 Å². The van der Waals surface area contributed by atoms with Crippen LogP contribution in [0.5, 0.6) is 0 Å². The standard InChI is InChI=1S/C9H16Cl2/c1-3-5-7-8(6-4-2)9(7,10)11/h7-8H,3-6H2,1-2H3/t7-,8-/m1/s1. The van der Waals surface area contributed by atoms with Gasteiger partial charge in [0.25, 0.3) is 0 Å². The summed E-state index contributed by atoms with van der Waals surface area (Å²) in [5, 5.41) is 0. The topological polar surface area (TPSA) is 0 Å². The van der Waals surface area contributed by atoms with Crippen LogP contribution in [0.3, 0.4) is 0 Å². The summed E-state index contributed by atoms with van der Waals surface area (Å²) >= 11 is 12.2. The lowest BCUT2D eigenvalue weighted by atomic mass is 10.1. The van der Waals surface area contributed by atoms with Crippen LogP contribution in [0.2, 0.25) is 0 Å². The molecule has 0 aromatic heterocycles. The molecule has 0 aromatic rings. The van der Waals surface area contributed by atoms with Crippen LogP contribution in [0, 0.1) is 11.8 Å². The molecule has 2 heteroatoms. The zero-order valence-corrected chi connectivity index (χ0v) is 8.75. The second kappa shape index (κ2) is 3.53. The van der Waals surface area contributed by atoms with Crippen LogP contribution in [-0.4, -0.2) is 4.33 Å². The maximum Gasteiger partial charge on any atom is 0.124 e. The lowest BCUT2D eigenvalue weighted by Crippen LogP contribution is -1.90. The molecule has 0 spiro atoms. The summed E-state index contributed by atoms with van der Waals surface area (Å²) in [5.74, 6) is 1.16. The van der Waals surface area contributed by atoms with E-state index in [1.165, 1.54) is 25.7 Å². The Balaban J connectivity index is 2.34. The van der Waals surface area contributed by atoms with Gasteiger partial charge in [0.05, 0.1) is 0 Å². The third-order valence-corrected chi connectivity index (χ3v) is 3.69. The van der Waals surface area contributed by atoms with Gasteiger partial charge in [-0.1, -0.05) is 26.7 Å². The number of hydrogen-bond donors (Lipinski definition) is 0. The first-order chi connectivity index (χ1) is 5.14. The molecule has 0 heterocycles. The van der Waals surface area contributed by atoms with Crippen LogP contribution in [0.15, 0.2) is 0 Å². The van der Waals surface area contributed by atoms with Crippen molar-refractivity contribution in [2.45, 2.75) is 43.9 Å². The van der Waals surface area contributed by atoms with Crippen molar-refractivity contribution in [3.05, 3.63) is 0 Å². The number of hydrogen-bond acceptors (Lipinski definition) is 0. The molecule has 0 nitrogen and oxygen atoms in total. The Hall–Kier alpha value is 0.580. The van der Waals surface area contributed by atoms with E-state index in [1.54, 1.807) is 0 Å². The second-order valence-electron chi connectivity index (χ2n) is 3.46. The zero-order valence-electron chi connectivity index (χ0n) is 7.24. The van der Waals surface area contributed by atoms with Gasteiger partial charge in [0.15, 0.2) is 0 Å². The second-order valence-corrected chi connectivity index (χ2v) is 4.91. The van der Waals surface area contributed by atoms with Gasteiger partial charge in [-0.2, -0.15) is 0 Å². The van der Waals surface area contributed by atoms with Crippen molar-refractivity contribution in [1.29, 1.82) is 0 Å². The van der Waals surface area contributed by atoms with Gasteiger partial charge in [0.1, 0.15) is 4.33 Å². The highest BCUT2D eigenvalue weighted by Crippen LogP contribution is 2.62. The van der Waals surface area contributed by atoms with Gasteiger partial charge in [-0.3, -0.25) is 0 Å². The molecule has 1 fully saturated rings. The molecule has 0 saturated heterocycles. The summed E-state index contributed by atoms with van der Waals surface area (Å²) in [4.78, 5) is 0. The van der Waals surface area contributed by atoms with Crippen LogP contribution < -0.4 is 0 Å². The smallest absolute Gasteiger partial charge is 0.101 e. The first-order valence-electron chi connectivity index (χ1n) is 4.52. The van der Waals surface area contributed by atoms with E-state index >= 15 is 0 Å². The fraction of sp³-hybridized carbons (Fsp3) is 1.00. The highest BCUT2D eigenvalue weighted by molar-refractivity contribution is 6.51. The molecule has 11 heavy (non-hydrogen) atoms. The van der Waals surface area contributed by atoms with Crippen molar-refractivity contribution in [2.75, 3.05) is 0 Å². The van der Waals surface area contributed by atoms with Crippen molar-refractivity contribution in [2.24, 2.45) is 11.8 Å². The van der Waals surface area contributed by atoms with E-state index < -0.39 is 0 Å². The summed E-state index contributed by atoms with van der Waals surface area (Å²) in [5.41, 5.74) is 0. The van der Waals surface area contributed by atoms with Gasteiger partial charge < -0.3 is 0 Å². The molecule has 0 bridgehead atoms. The van der Waals surface area contributed by atoms with E-state index in [4.69, 9.17) is 23.2 Å². The predicted molar refractivity (Wildman–Crippen MR) is 51.2 cm³/mol. The largest absolute Gasteiger partial charge is 0.124 e. The maximum atomic E-state index is 6.10. The Labute approximate surface area is 79.3 Å². The monoisotopic (exact) mass is 194 g/mol. The highest BCUT2D eigenvalue weighted by atomic mass is 35.5. The molecule has 1 saturated carbocycles. The molecular formula is C9H16Cl2. The lowest BCUT2D eigenvalue weighted by Gasteiger charge is -1.94. The van der Waals surface area contributed by atoms with E-state index in [0.717, 1.165) is 0 Å². The van der Waals surface area contributed by atoms with Crippen LogP contribution in [0.25, 0.3) is 0 Å². The van der Waals surface area contributed by atoms with Crippen LogP contribution in [-0.2, 0) is 0 Å². The Kier molecular flexibility index (Phi) is 3.10. The third kappa shape index (κ3) is 1.84. The fourth-order valence-electron chi connectivity index (χ4n) is 1.87. The van der Waals surface area contributed by atoms with Gasteiger partial charge in [0.2, 0.25) is 0 Å². The van der Waals surface area contributed by atoms with Gasteiger partial charge in [0, 0.05) is 0 Å². The van der Waals surface area contributed by atoms with E-state index in [2.05, 4.69) is 13.8 Å². The zero-order chi connectivity index (χ0) is 8.48. The summed E-state index contributed by atoms with van der Waals surface area (Å²) < 4.78 is -0.369. The Morgan fingerprint density at radius 1 is 1.00 bits per heavy atom. The van der Waals surface area contributed by atoms with Crippen LogP contribution in [0.4, 0.5) is 0 Å². The molecule has 1 aliphatic rings. The summed E-state index contributed by atoms with van der Waals surface area (Å²) in [6.07, 6.45) is 4.79. The summed E-state index contributed by atoms with van der Waals surface area (Å²) in [6.45, 7) is 4.37. The van der Waals surface area contributed by atoms with Crippen molar-refractivity contribution in [3.8, 4) is 0 Å². The molecule has 0 aliphatic heterocycles. The quantitative estimate of drug-likeness (QED) is 0.594. The van der Waals surface area contributed by atoms with Crippen molar-refractivity contribution < 1.29 is 0 Å². The molecule has 2 atom stereocenters. The molecule has 1 aliphatic carbocycles. The number of alkyl halides is 2. The minimum Gasteiger partial charge on any atom is -0.101 e. The number of rotatable bonds is 4. The first kappa shape index (κ1) is 9.67. The molecule has 66 valence electrons. The number of halogens is 2. The van der Waals surface area contributed by atoms with Gasteiger partial charge in [-0.25, -0.2) is 0 Å². The summed E-state index contributed by atoms with van der Waals surface area (Å²) in [7, 11) is 0. The average molecular weight is 195 g/mol. The SMILES string of the molecule is CCC[C@@H]1[C@@H](CCC)C1(Cl)Cl. The van der Waals surface area contributed by atoms with Crippen LogP contribution in [0.1, 0.15) is 39.5 Å². The molecule has 0 N–H and O–H groups in total. The Morgan fingerprint density at radius 2 is 1.36 bits per heavy atom. The highest BCUT2D eigenvalue weighted by Gasteiger charge is 2.60. The van der Waals surface area contributed by atoms with Crippen LogP contribution >= 0.6 is 23.2 Å². The third-order valence-electron chi connectivity index (χ3n) is 2.56. The lowest BCUT2D eigenvalue weighted by molar-refractivity contribution is 0.593. The Morgan fingerprint density at radius 3 is 1.64 bits per heavy atom. The first-order valence-corrected chi connectivity index (χ1v) is 5.28.